The second kappa shape index (κ2) is 6.65. The van der Waals surface area contributed by atoms with E-state index in [1.165, 1.54) is 0 Å². The molecule has 0 amide bonds. The van der Waals surface area contributed by atoms with Crippen molar-refractivity contribution < 1.29 is 0 Å². The summed E-state index contributed by atoms with van der Waals surface area (Å²) in [6.45, 7) is 4.02. The zero-order chi connectivity index (χ0) is 14.9. The van der Waals surface area contributed by atoms with Gasteiger partial charge in [0.05, 0.1) is 5.69 Å². The van der Waals surface area contributed by atoms with Gasteiger partial charge in [-0.15, -0.1) is 0 Å². The largest absolute Gasteiger partial charge is 0.376 e. The molecule has 2 aromatic rings. The molecule has 0 aliphatic carbocycles. The fraction of sp³-hybridized carbons (Fsp3) is 0.214. The van der Waals surface area contributed by atoms with Gasteiger partial charge >= 0.3 is 0 Å². The third kappa shape index (κ3) is 3.67. The van der Waals surface area contributed by atoms with E-state index in [-0.39, 0.29) is 6.04 Å². The van der Waals surface area contributed by atoms with E-state index in [0.717, 1.165) is 25.8 Å². The van der Waals surface area contributed by atoms with Crippen LogP contribution in [0.5, 0.6) is 0 Å². The van der Waals surface area contributed by atoms with Crippen LogP contribution in [0, 0.1) is 6.92 Å². The Kier molecular flexibility index (Phi) is 5.35. The predicted molar refractivity (Wildman–Crippen MR) is 92.9 cm³/mol. The van der Waals surface area contributed by atoms with Crippen LogP contribution in [0.4, 0.5) is 5.69 Å². The van der Waals surface area contributed by atoms with Crippen molar-refractivity contribution in [3.8, 4) is 0 Å². The molecule has 106 valence electrons. The zero-order valence-electron chi connectivity index (χ0n) is 10.8. The molecular weight excluding hydrogens is 427 g/mol. The first-order chi connectivity index (χ1) is 9.38. The van der Waals surface area contributed by atoms with Gasteiger partial charge in [-0.2, -0.15) is 0 Å². The number of hydrogen-bond donors (Lipinski definition) is 1. The molecule has 1 aromatic carbocycles. The molecule has 0 fully saturated rings. The van der Waals surface area contributed by atoms with Crippen molar-refractivity contribution in [2.75, 3.05) is 5.32 Å². The smallest absolute Gasteiger partial charge is 0.154 e. The van der Waals surface area contributed by atoms with E-state index in [4.69, 9.17) is 23.2 Å². The Morgan fingerprint density at radius 3 is 2.50 bits per heavy atom. The zero-order valence-corrected chi connectivity index (χ0v) is 15.5. The van der Waals surface area contributed by atoms with Gasteiger partial charge in [0, 0.05) is 15.0 Å². The fourth-order valence-corrected chi connectivity index (χ4v) is 3.89. The highest BCUT2D eigenvalue weighted by Crippen LogP contribution is 2.33. The number of benzene rings is 1. The molecule has 0 aliphatic rings. The minimum Gasteiger partial charge on any atom is -0.376 e. The maximum absolute atomic E-state index is 6.15. The van der Waals surface area contributed by atoms with Crippen LogP contribution < -0.4 is 5.32 Å². The predicted octanol–water partition coefficient (Wildman–Crippen LogP) is 6.39. The molecule has 2 nitrogen and oxygen atoms in total. The van der Waals surface area contributed by atoms with Gasteiger partial charge in [-0.25, -0.2) is 4.98 Å². The number of rotatable bonds is 3. The van der Waals surface area contributed by atoms with E-state index in [1.807, 2.05) is 19.1 Å². The van der Waals surface area contributed by atoms with E-state index in [1.54, 1.807) is 6.07 Å². The lowest BCUT2D eigenvalue weighted by molar-refractivity contribution is 0.874. The lowest BCUT2D eigenvalue weighted by atomic mass is 10.1. The summed E-state index contributed by atoms with van der Waals surface area (Å²) in [7, 11) is 0. The number of aryl methyl sites for hydroxylation is 1. The number of halogens is 4. The Morgan fingerprint density at radius 2 is 1.90 bits per heavy atom. The Bertz CT molecular complexity index is 624. The third-order valence-corrected chi connectivity index (χ3v) is 4.58. The van der Waals surface area contributed by atoms with Crippen LogP contribution in [0.2, 0.25) is 10.3 Å². The first-order valence-electron chi connectivity index (χ1n) is 5.92. The van der Waals surface area contributed by atoms with E-state index in [2.05, 4.69) is 55.2 Å². The molecule has 0 saturated carbocycles. The fourth-order valence-electron chi connectivity index (χ4n) is 1.92. The molecule has 1 atom stereocenters. The molecule has 20 heavy (non-hydrogen) atoms. The molecule has 0 saturated heterocycles. The quantitative estimate of drug-likeness (QED) is 0.561. The first-order valence-corrected chi connectivity index (χ1v) is 8.27. The summed E-state index contributed by atoms with van der Waals surface area (Å²) < 4.78 is 2.06. The Hall–Kier alpha value is -0.290. The van der Waals surface area contributed by atoms with Crippen LogP contribution in [0.1, 0.15) is 24.1 Å². The second-order valence-electron chi connectivity index (χ2n) is 4.46. The van der Waals surface area contributed by atoms with E-state index < -0.39 is 0 Å². The summed E-state index contributed by atoms with van der Waals surface area (Å²) in [5, 5.41) is 4.17. The van der Waals surface area contributed by atoms with Gasteiger partial charge < -0.3 is 5.32 Å². The van der Waals surface area contributed by atoms with Gasteiger partial charge in [-0.1, -0.05) is 61.1 Å². The van der Waals surface area contributed by atoms with Crippen molar-refractivity contribution in [2.24, 2.45) is 0 Å². The molecule has 1 N–H and O–H groups in total. The summed E-state index contributed by atoms with van der Waals surface area (Å²) in [6, 6.07) is 7.95. The highest BCUT2D eigenvalue weighted by atomic mass is 79.9. The number of nitrogens with one attached hydrogen (secondary N) is 1. The average Bonchev–Trinajstić information content (AvgIpc) is 2.33. The molecular formula is C14H12Br2Cl2N2. The minimum absolute atomic E-state index is 0.0802. The summed E-state index contributed by atoms with van der Waals surface area (Å²) >= 11 is 19.1. The second-order valence-corrected chi connectivity index (χ2v) is 6.97. The molecule has 0 bridgehead atoms. The normalized spacial score (nSPS) is 12.3. The van der Waals surface area contributed by atoms with Crippen molar-refractivity contribution in [2.45, 2.75) is 19.9 Å². The van der Waals surface area contributed by atoms with Crippen LogP contribution in [0.15, 0.2) is 33.2 Å². The number of pyridine rings is 1. The van der Waals surface area contributed by atoms with Gasteiger partial charge in [0.25, 0.3) is 0 Å². The van der Waals surface area contributed by atoms with Crippen LogP contribution in [0.25, 0.3) is 0 Å². The molecule has 6 heteroatoms. The number of aromatic nitrogens is 1. The Balaban J connectivity index is 2.30. The van der Waals surface area contributed by atoms with Crippen LogP contribution in [-0.2, 0) is 0 Å². The van der Waals surface area contributed by atoms with Gasteiger partial charge in [0.15, 0.2) is 5.15 Å². The summed E-state index contributed by atoms with van der Waals surface area (Å²) in [4.78, 5) is 4.07. The molecule has 1 unspecified atom stereocenters. The Labute approximate surface area is 145 Å². The third-order valence-electron chi connectivity index (χ3n) is 2.93. The monoisotopic (exact) mass is 436 g/mol. The molecule has 1 heterocycles. The molecule has 1 aromatic heterocycles. The Morgan fingerprint density at radius 1 is 1.20 bits per heavy atom. The number of nitrogens with zero attached hydrogens (tertiary/aromatic N) is 1. The van der Waals surface area contributed by atoms with Gasteiger partial charge in [0.2, 0.25) is 0 Å². The minimum atomic E-state index is 0.0802. The van der Waals surface area contributed by atoms with Crippen LogP contribution in [0.3, 0.4) is 0 Å². The SMILES string of the molecule is Cc1cc(Cl)nc(Cl)c1NC(C)c1ccc(Br)cc1Br. The highest BCUT2D eigenvalue weighted by molar-refractivity contribution is 9.11. The van der Waals surface area contributed by atoms with E-state index in [9.17, 15) is 0 Å². The highest BCUT2D eigenvalue weighted by Gasteiger charge is 2.14. The number of hydrogen-bond acceptors (Lipinski definition) is 2. The van der Waals surface area contributed by atoms with Gasteiger partial charge in [-0.05, 0) is 43.2 Å². The number of anilines is 1. The summed E-state index contributed by atoms with van der Waals surface area (Å²) in [6.07, 6.45) is 0. The van der Waals surface area contributed by atoms with E-state index in [0.29, 0.717) is 10.3 Å². The molecule has 2 rings (SSSR count). The first kappa shape index (κ1) is 16.1. The van der Waals surface area contributed by atoms with Crippen molar-refractivity contribution in [3.63, 3.8) is 0 Å². The average molecular weight is 439 g/mol. The van der Waals surface area contributed by atoms with Crippen molar-refractivity contribution in [1.82, 2.24) is 4.98 Å². The molecule has 0 spiro atoms. The summed E-state index contributed by atoms with van der Waals surface area (Å²) in [5.41, 5.74) is 2.91. The van der Waals surface area contributed by atoms with Crippen molar-refractivity contribution >= 4 is 60.7 Å². The lowest BCUT2D eigenvalue weighted by Gasteiger charge is -2.19. The topological polar surface area (TPSA) is 24.9 Å². The van der Waals surface area contributed by atoms with Crippen LogP contribution in [-0.4, -0.2) is 4.98 Å². The van der Waals surface area contributed by atoms with Crippen molar-refractivity contribution in [1.29, 1.82) is 0 Å². The molecule has 0 radical (unpaired) electrons. The van der Waals surface area contributed by atoms with Gasteiger partial charge in [0.1, 0.15) is 5.15 Å². The van der Waals surface area contributed by atoms with Crippen molar-refractivity contribution in [3.05, 3.63) is 54.6 Å². The van der Waals surface area contributed by atoms with Gasteiger partial charge in [-0.3, -0.25) is 0 Å². The van der Waals surface area contributed by atoms with Crippen LogP contribution >= 0.6 is 55.1 Å². The van der Waals surface area contributed by atoms with E-state index >= 15 is 0 Å². The summed E-state index contributed by atoms with van der Waals surface area (Å²) in [5.74, 6) is 0. The standard InChI is InChI=1S/C14H12Br2Cl2N2/c1-7-5-12(17)20-14(18)13(7)19-8(2)10-4-3-9(15)6-11(10)16/h3-6,8,19H,1-2H3. The maximum Gasteiger partial charge on any atom is 0.154 e. The molecule has 0 aliphatic heterocycles. The maximum atomic E-state index is 6.15. The lowest BCUT2D eigenvalue weighted by Crippen LogP contribution is -2.09.